The molecule has 1 aliphatic heterocycles. The van der Waals surface area contributed by atoms with Gasteiger partial charge in [-0.15, -0.1) is 0 Å². The Morgan fingerprint density at radius 1 is 0.778 bits per heavy atom. The maximum absolute atomic E-state index is 2.46. The summed E-state index contributed by atoms with van der Waals surface area (Å²) in [7, 11) is 0. The summed E-state index contributed by atoms with van der Waals surface area (Å²) in [4.78, 5) is 0. The molecule has 0 saturated carbocycles. The van der Waals surface area contributed by atoms with Crippen molar-refractivity contribution in [2.75, 3.05) is 0 Å². The highest BCUT2D eigenvalue weighted by molar-refractivity contribution is 5.78. The summed E-state index contributed by atoms with van der Waals surface area (Å²) in [6, 6.07) is 9.67. The number of rotatable bonds is 0. The molecule has 2 atom stereocenters. The van der Waals surface area contributed by atoms with Crippen LogP contribution in [-0.4, -0.2) is 32.7 Å². The van der Waals surface area contributed by atoms with Gasteiger partial charge in [-0.05, 0) is 0 Å². The monoisotopic (exact) mass is 244 g/mol. The third kappa shape index (κ3) is 1.90. The number of hydrogen-bond donors (Lipinski definition) is 0. The van der Waals surface area contributed by atoms with Crippen LogP contribution < -0.4 is 0 Å². The Bertz CT molecular complexity index is 481. The van der Waals surface area contributed by atoms with E-state index in [9.17, 15) is 0 Å². The average molecular weight is 244 g/mol. The molecule has 96 valence electrons. The zero-order chi connectivity index (χ0) is 13.4. The van der Waals surface area contributed by atoms with Crippen molar-refractivity contribution in [3.8, 4) is 0 Å². The van der Waals surface area contributed by atoms with Gasteiger partial charge in [-0.1, -0.05) is 12.1 Å². The molecule has 0 radical (unpaired) electrons. The maximum Gasteiger partial charge on any atom is 0.277 e. The van der Waals surface area contributed by atoms with Crippen LogP contribution in [0.1, 0.15) is 41.5 Å². The van der Waals surface area contributed by atoms with Crippen molar-refractivity contribution in [2.45, 2.75) is 53.6 Å². The van der Waals surface area contributed by atoms with Gasteiger partial charge >= 0.3 is 0 Å². The lowest BCUT2D eigenvalue weighted by Crippen LogP contribution is -2.44. The van der Waals surface area contributed by atoms with Crippen LogP contribution in [0.3, 0.4) is 0 Å². The zero-order valence-electron chi connectivity index (χ0n) is 12.4. The van der Waals surface area contributed by atoms with Gasteiger partial charge in [0.2, 0.25) is 12.1 Å². The Kier molecular flexibility index (Phi) is 3.38. The van der Waals surface area contributed by atoms with Crippen LogP contribution in [0.5, 0.6) is 0 Å². The molecule has 2 nitrogen and oxygen atoms in total. The molecule has 18 heavy (non-hydrogen) atoms. The first-order chi connectivity index (χ1) is 8.45. The lowest BCUT2D eigenvalue weighted by atomic mass is 10.0. The molecule has 0 aliphatic carbocycles. The molecule has 1 aliphatic rings. The molecule has 2 heteroatoms. The molecule has 1 aromatic carbocycles. The number of hydrogen-bond acceptors (Lipinski definition) is 0. The van der Waals surface area contributed by atoms with Gasteiger partial charge in [0.15, 0.2) is 11.4 Å². The van der Waals surface area contributed by atoms with E-state index in [2.05, 4.69) is 75.0 Å². The molecule has 0 aromatic heterocycles. The normalized spacial score (nSPS) is 22.8. The number of nitrogens with zero attached hydrogens (tertiary/aromatic N) is 2. The van der Waals surface area contributed by atoms with Crippen molar-refractivity contribution in [3.05, 3.63) is 24.3 Å². The first-order valence-corrected chi connectivity index (χ1v) is 6.73. The quantitative estimate of drug-likeness (QED) is 0.613. The van der Waals surface area contributed by atoms with Gasteiger partial charge in [0, 0.05) is 53.7 Å². The largest absolute Gasteiger partial charge is 0.277 e. The Morgan fingerprint density at radius 3 is 1.39 bits per heavy atom. The van der Waals surface area contributed by atoms with Crippen LogP contribution in [0, 0.1) is 0 Å². The van der Waals surface area contributed by atoms with E-state index >= 15 is 0 Å². The third-order valence-electron chi connectivity index (χ3n) is 3.88. The second kappa shape index (κ2) is 4.68. The highest BCUT2D eigenvalue weighted by atomic mass is 15.2. The summed E-state index contributed by atoms with van der Waals surface area (Å²) in [5.41, 5.74) is 5.36. The predicted octanol–water partition coefficient (Wildman–Crippen LogP) is 3.73. The van der Waals surface area contributed by atoms with Crippen LogP contribution in [-0.2, 0) is 0 Å². The fraction of sp³-hybridized carbons (Fsp3) is 0.500. The Labute approximate surface area is 110 Å². The number of para-hydroxylation sites is 2. The van der Waals surface area contributed by atoms with Crippen molar-refractivity contribution in [1.82, 2.24) is 0 Å². The molecule has 0 bridgehead atoms. The van der Waals surface area contributed by atoms with Gasteiger partial charge < -0.3 is 0 Å². The van der Waals surface area contributed by atoms with Crippen LogP contribution >= 0.6 is 0 Å². The summed E-state index contributed by atoms with van der Waals surface area (Å²) in [5, 5.41) is 0. The summed E-state index contributed by atoms with van der Waals surface area (Å²) in [6.07, 6.45) is 0. The first-order valence-electron chi connectivity index (χ1n) is 6.73. The minimum atomic E-state index is 0.486. The Balaban J connectivity index is 2.80. The van der Waals surface area contributed by atoms with Crippen LogP contribution in [0.25, 0.3) is 0 Å². The van der Waals surface area contributed by atoms with E-state index in [0.717, 1.165) is 0 Å². The lowest BCUT2D eigenvalue weighted by molar-refractivity contribution is -0.607. The fourth-order valence-electron chi connectivity index (χ4n) is 3.04. The molecule has 0 amide bonds. The van der Waals surface area contributed by atoms with Crippen molar-refractivity contribution in [3.63, 3.8) is 0 Å². The van der Waals surface area contributed by atoms with Crippen LogP contribution in [0.2, 0.25) is 0 Å². The topological polar surface area (TPSA) is 6.02 Å². The standard InChI is InChI=1S/C16H24N2/c1-11(2)17-13(5)14(6)18(12(3)4)16-10-8-7-9-15(16)17/h7-10,13-14H,1-6H3/q+2. The van der Waals surface area contributed by atoms with E-state index in [0.29, 0.717) is 12.1 Å². The minimum Gasteiger partial charge on any atom is -0.185 e. The Morgan fingerprint density at radius 2 is 1.11 bits per heavy atom. The second-order valence-corrected chi connectivity index (χ2v) is 5.60. The van der Waals surface area contributed by atoms with E-state index in [1.54, 1.807) is 0 Å². The SMILES string of the molecule is CC(C)=[N+]1c2ccccc2[N+](=C(C)C)C(C)C1C. The number of fused-ring (bicyclic) bond motifs is 1. The summed E-state index contributed by atoms with van der Waals surface area (Å²) in [5.74, 6) is 0. The van der Waals surface area contributed by atoms with E-state index < -0.39 is 0 Å². The fourth-order valence-corrected chi connectivity index (χ4v) is 3.04. The number of benzene rings is 1. The molecule has 1 aromatic rings. The molecule has 0 saturated heterocycles. The smallest absolute Gasteiger partial charge is 0.185 e. The second-order valence-electron chi connectivity index (χ2n) is 5.60. The molecular weight excluding hydrogens is 220 g/mol. The van der Waals surface area contributed by atoms with Crippen molar-refractivity contribution >= 4 is 22.8 Å². The van der Waals surface area contributed by atoms with Gasteiger partial charge in [0.1, 0.15) is 0 Å². The summed E-state index contributed by atoms with van der Waals surface area (Å²) < 4.78 is 4.92. The van der Waals surface area contributed by atoms with Gasteiger partial charge in [-0.2, -0.15) is 9.15 Å². The van der Waals surface area contributed by atoms with Crippen LogP contribution in [0.4, 0.5) is 11.4 Å². The predicted molar refractivity (Wildman–Crippen MR) is 77.9 cm³/mol. The highest BCUT2D eigenvalue weighted by Gasteiger charge is 2.43. The average Bonchev–Trinajstić information content (AvgIpc) is 2.29. The summed E-state index contributed by atoms with van der Waals surface area (Å²) >= 11 is 0. The highest BCUT2D eigenvalue weighted by Crippen LogP contribution is 2.35. The molecule has 1 heterocycles. The molecule has 0 N–H and O–H groups in total. The van der Waals surface area contributed by atoms with E-state index in [1.807, 2.05) is 0 Å². The van der Waals surface area contributed by atoms with Crippen LogP contribution in [0.15, 0.2) is 24.3 Å². The van der Waals surface area contributed by atoms with Gasteiger partial charge in [-0.25, -0.2) is 0 Å². The van der Waals surface area contributed by atoms with Crippen molar-refractivity contribution in [1.29, 1.82) is 0 Å². The van der Waals surface area contributed by atoms with E-state index in [4.69, 9.17) is 0 Å². The van der Waals surface area contributed by atoms with Gasteiger partial charge in [0.25, 0.3) is 11.4 Å². The Hall–Kier alpha value is -1.44. The van der Waals surface area contributed by atoms with Crippen molar-refractivity contribution < 1.29 is 9.15 Å². The van der Waals surface area contributed by atoms with Gasteiger partial charge in [-0.3, -0.25) is 0 Å². The minimum absolute atomic E-state index is 0.486. The first kappa shape index (κ1) is 13.0. The zero-order valence-corrected chi connectivity index (χ0v) is 12.4. The van der Waals surface area contributed by atoms with Gasteiger partial charge in [0.05, 0.1) is 0 Å². The molecule has 0 fully saturated rings. The van der Waals surface area contributed by atoms with Crippen molar-refractivity contribution in [2.24, 2.45) is 0 Å². The molecule has 2 rings (SSSR count). The third-order valence-corrected chi connectivity index (χ3v) is 3.88. The molecule has 2 unspecified atom stereocenters. The maximum atomic E-state index is 2.46. The van der Waals surface area contributed by atoms with E-state index in [-0.39, 0.29) is 0 Å². The molecule has 0 spiro atoms. The van der Waals surface area contributed by atoms with E-state index in [1.165, 1.54) is 22.8 Å². The summed E-state index contributed by atoms with van der Waals surface area (Å²) in [6.45, 7) is 13.4. The molecular formula is C16H24N2+2. The lowest BCUT2D eigenvalue weighted by Gasteiger charge is -2.25.